The van der Waals surface area contributed by atoms with E-state index in [1.807, 2.05) is 18.2 Å². The van der Waals surface area contributed by atoms with E-state index in [2.05, 4.69) is 6.92 Å². The highest BCUT2D eigenvalue weighted by Gasteiger charge is 1.95. The molecule has 0 amide bonds. The maximum absolute atomic E-state index is 5.66. The topological polar surface area (TPSA) is 62.9 Å². The van der Waals surface area contributed by atoms with Crippen LogP contribution in [0.1, 0.15) is 19.8 Å². The predicted octanol–water partition coefficient (Wildman–Crippen LogP) is 2.50. The molecule has 5 nitrogen and oxygen atoms in total. The molecule has 5 heteroatoms. The van der Waals surface area contributed by atoms with Crippen molar-refractivity contribution >= 4 is 5.69 Å². The van der Waals surface area contributed by atoms with Crippen LogP contribution in [0.5, 0.6) is 5.75 Å². The zero-order valence-electron chi connectivity index (χ0n) is 12.9. The van der Waals surface area contributed by atoms with E-state index in [0.717, 1.165) is 25.2 Å². The normalized spacial score (nSPS) is 10.7. The molecule has 0 fully saturated rings. The van der Waals surface area contributed by atoms with E-state index in [4.69, 9.17) is 24.7 Å². The Hall–Kier alpha value is -1.30. The van der Waals surface area contributed by atoms with Crippen LogP contribution < -0.4 is 10.5 Å². The summed E-state index contributed by atoms with van der Waals surface area (Å²) >= 11 is 0. The van der Waals surface area contributed by atoms with Gasteiger partial charge in [0.1, 0.15) is 12.4 Å². The molecule has 0 atom stereocenters. The SMILES string of the molecule is CCCCOCCOCCOCCOc1cccc(N)c1. The standard InChI is InChI=1S/C16H27NO4/c1-2-3-7-18-8-9-19-10-11-20-12-13-21-16-6-4-5-15(17)14-16/h4-6,14H,2-3,7-13,17H2,1H3. The molecule has 1 aromatic rings. The third kappa shape index (κ3) is 10.1. The molecule has 1 rings (SSSR count). The minimum absolute atomic E-state index is 0.504. The van der Waals surface area contributed by atoms with Gasteiger partial charge in [0.05, 0.1) is 33.0 Å². The van der Waals surface area contributed by atoms with Gasteiger partial charge >= 0.3 is 0 Å². The third-order valence-electron chi connectivity index (χ3n) is 2.74. The van der Waals surface area contributed by atoms with Crippen molar-refractivity contribution in [2.45, 2.75) is 19.8 Å². The fraction of sp³-hybridized carbons (Fsp3) is 0.625. The van der Waals surface area contributed by atoms with Crippen LogP contribution in [0.25, 0.3) is 0 Å². The number of nitrogens with two attached hydrogens (primary N) is 1. The highest BCUT2D eigenvalue weighted by molar-refractivity contribution is 5.43. The molecule has 0 heterocycles. The zero-order valence-corrected chi connectivity index (χ0v) is 12.9. The summed E-state index contributed by atoms with van der Waals surface area (Å²) in [5.74, 6) is 0.763. The second-order valence-electron chi connectivity index (χ2n) is 4.61. The summed E-state index contributed by atoms with van der Waals surface area (Å²) in [6.45, 7) is 6.41. The van der Waals surface area contributed by atoms with Gasteiger partial charge in [0.15, 0.2) is 0 Å². The number of ether oxygens (including phenoxy) is 4. The number of rotatable bonds is 13. The lowest BCUT2D eigenvalue weighted by Crippen LogP contribution is -2.13. The van der Waals surface area contributed by atoms with E-state index < -0.39 is 0 Å². The van der Waals surface area contributed by atoms with Gasteiger partial charge in [0, 0.05) is 18.4 Å². The number of benzene rings is 1. The Morgan fingerprint density at radius 3 is 2.10 bits per heavy atom. The quantitative estimate of drug-likeness (QED) is 0.448. The van der Waals surface area contributed by atoms with Crippen LogP contribution in [-0.4, -0.2) is 46.2 Å². The number of hydrogen-bond acceptors (Lipinski definition) is 5. The number of unbranched alkanes of at least 4 members (excludes halogenated alkanes) is 1. The third-order valence-corrected chi connectivity index (χ3v) is 2.74. The lowest BCUT2D eigenvalue weighted by Gasteiger charge is -2.08. The lowest BCUT2D eigenvalue weighted by atomic mass is 10.3. The molecular formula is C16H27NO4. The van der Waals surface area contributed by atoms with Crippen LogP contribution in [0.4, 0.5) is 5.69 Å². The Bertz CT molecular complexity index is 360. The summed E-state index contributed by atoms with van der Waals surface area (Å²) in [7, 11) is 0. The molecule has 0 saturated carbocycles. The Labute approximate surface area is 127 Å². The molecule has 0 aliphatic rings. The van der Waals surface area contributed by atoms with Gasteiger partial charge in [0.2, 0.25) is 0 Å². The maximum Gasteiger partial charge on any atom is 0.121 e. The van der Waals surface area contributed by atoms with Crippen LogP contribution >= 0.6 is 0 Å². The van der Waals surface area contributed by atoms with Gasteiger partial charge < -0.3 is 24.7 Å². The van der Waals surface area contributed by atoms with Gasteiger partial charge in [-0.2, -0.15) is 0 Å². The number of anilines is 1. The Kier molecular flexibility index (Phi) is 10.5. The van der Waals surface area contributed by atoms with Crippen LogP contribution in [0.15, 0.2) is 24.3 Å². The monoisotopic (exact) mass is 297 g/mol. The highest BCUT2D eigenvalue weighted by atomic mass is 16.6. The van der Waals surface area contributed by atoms with Gasteiger partial charge in [-0.05, 0) is 18.6 Å². The molecule has 0 aromatic heterocycles. The molecule has 0 aliphatic carbocycles. The van der Waals surface area contributed by atoms with Crippen LogP contribution in [-0.2, 0) is 14.2 Å². The predicted molar refractivity (Wildman–Crippen MR) is 83.7 cm³/mol. The van der Waals surface area contributed by atoms with Gasteiger partial charge in [-0.15, -0.1) is 0 Å². The van der Waals surface area contributed by atoms with Gasteiger partial charge in [-0.3, -0.25) is 0 Å². The molecule has 0 saturated heterocycles. The first-order valence-corrected chi connectivity index (χ1v) is 7.54. The average molecular weight is 297 g/mol. The van der Waals surface area contributed by atoms with E-state index in [1.54, 1.807) is 6.07 Å². The minimum atomic E-state index is 0.504. The molecule has 0 radical (unpaired) electrons. The fourth-order valence-corrected chi connectivity index (χ4v) is 1.61. The minimum Gasteiger partial charge on any atom is -0.491 e. The van der Waals surface area contributed by atoms with Gasteiger partial charge in [-0.1, -0.05) is 19.4 Å². The van der Waals surface area contributed by atoms with Crippen molar-refractivity contribution in [2.75, 3.05) is 52.0 Å². The van der Waals surface area contributed by atoms with Gasteiger partial charge in [-0.25, -0.2) is 0 Å². The first-order chi connectivity index (χ1) is 10.3. The van der Waals surface area contributed by atoms with Crippen molar-refractivity contribution in [3.05, 3.63) is 24.3 Å². The molecule has 120 valence electrons. The van der Waals surface area contributed by atoms with Crippen molar-refractivity contribution in [3.63, 3.8) is 0 Å². The first kappa shape index (κ1) is 17.8. The summed E-state index contributed by atoms with van der Waals surface area (Å²) < 4.78 is 21.7. The smallest absolute Gasteiger partial charge is 0.121 e. The Morgan fingerprint density at radius 1 is 0.857 bits per heavy atom. The lowest BCUT2D eigenvalue weighted by molar-refractivity contribution is 0.00895. The highest BCUT2D eigenvalue weighted by Crippen LogP contribution is 2.13. The van der Waals surface area contributed by atoms with Crippen molar-refractivity contribution < 1.29 is 18.9 Å². The molecule has 1 aromatic carbocycles. The van der Waals surface area contributed by atoms with Gasteiger partial charge in [0.25, 0.3) is 0 Å². The molecule has 0 spiro atoms. The Balaban J connectivity index is 1.82. The van der Waals surface area contributed by atoms with E-state index >= 15 is 0 Å². The summed E-state index contributed by atoms with van der Waals surface area (Å²) in [6.07, 6.45) is 2.27. The second-order valence-corrected chi connectivity index (χ2v) is 4.61. The van der Waals surface area contributed by atoms with Crippen LogP contribution in [0.3, 0.4) is 0 Å². The largest absolute Gasteiger partial charge is 0.491 e. The van der Waals surface area contributed by atoms with Crippen LogP contribution in [0, 0.1) is 0 Å². The Morgan fingerprint density at radius 2 is 1.48 bits per heavy atom. The van der Waals surface area contributed by atoms with E-state index in [-0.39, 0.29) is 0 Å². The maximum atomic E-state index is 5.66. The molecule has 0 aliphatic heterocycles. The molecule has 2 N–H and O–H groups in total. The van der Waals surface area contributed by atoms with Crippen LogP contribution in [0.2, 0.25) is 0 Å². The summed E-state index contributed by atoms with van der Waals surface area (Å²) in [6, 6.07) is 7.36. The van der Waals surface area contributed by atoms with Crippen molar-refractivity contribution in [1.29, 1.82) is 0 Å². The number of hydrogen-bond donors (Lipinski definition) is 1. The zero-order chi connectivity index (χ0) is 15.2. The van der Waals surface area contributed by atoms with E-state index in [0.29, 0.717) is 45.3 Å². The second kappa shape index (κ2) is 12.4. The summed E-state index contributed by atoms with van der Waals surface area (Å²) in [5.41, 5.74) is 6.35. The molecular weight excluding hydrogens is 270 g/mol. The van der Waals surface area contributed by atoms with Crippen molar-refractivity contribution in [2.24, 2.45) is 0 Å². The average Bonchev–Trinajstić information content (AvgIpc) is 2.48. The molecule has 0 bridgehead atoms. The number of nitrogen functional groups attached to an aromatic ring is 1. The summed E-state index contributed by atoms with van der Waals surface area (Å²) in [4.78, 5) is 0. The summed E-state index contributed by atoms with van der Waals surface area (Å²) in [5, 5.41) is 0. The van der Waals surface area contributed by atoms with E-state index in [1.165, 1.54) is 0 Å². The van der Waals surface area contributed by atoms with E-state index in [9.17, 15) is 0 Å². The molecule has 0 unspecified atom stereocenters. The molecule has 21 heavy (non-hydrogen) atoms. The first-order valence-electron chi connectivity index (χ1n) is 7.54. The van der Waals surface area contributed by atoms with Crippen molar-refractivity contribution in [3.8, 4) is 5.75 Å². The fourth-order valence-electron chi connectivity index (χ4n) is 1.61. The van der Waals surface area contributed by atoms with Crippen molar-refractivity contribution in [1.82, 2.24) is 0 Å².